The van der Waals surface area contributed by atoms with Crippen molar-refractivity contribution in [2.24, 2.45) is 17.8 Å². The monoisotopic (exact) mass is 308 g/mol. The van der Waals surface area contributed by atoms with Crippen molar-refractivity contribution >= 4 is 10.1 Å². The average molecular weight is 308 g/mol. The van der Waals surface area contributed by atoms with Gasteiger partial charge in [0.2, 0.25) is 0 Å². The van der Waals surface area contributed by atoms with Crippen molar-refractivity contribution in [1.82, 2.24) is 0 Å². The van der Waals surface area contributed by atoms with E-state index in [0.717, 1.165) is 18.4 Å². The first kappa shape index (κ1) is 13.7. The summed E-state index contributed by atoms with van der Waals surface area (Å²) in [6, 6.07) is 6.80. The van der Waals surface area contributed by atoms with E-state index in [9.17, 15) is 8.42 Å². The highest BCUT2D eigenvalue weighted by molar-refractivity contribution is 7.86. The minimum atomic E-state index is -3.64. The largest absolute Gasteiger partial charge is 0.369 e. The zero-order chi connectivity index (χ0) is 14.6. The number of fused-ring (bicyclic) bond motifs is 2. The molecule has 4 aliphatic rings. The van der Waals surface area contributed by atoms with Gasteiger partial charge in [0.05, 0.1) is 23.7 Å². The van der Waals surface area contributed by atoms with Gasteiger partial charge in [0.1, 0.15) is 0 Å². The van der Waals surface area contributed by atoms with Gasteiger partial charge < -0.3 is 4.74 Å². The van der Waals surface area contributed by atoms with Crippen LogP contribution in [0.25, 0.3) is 0 Å². The fourth-order valence-corrected chi connectivity index (χ4v) is 5.02. The number of rotatable bonds is 4. The third kappa shape index (κ3) is 2.41. The summed E-state index contributed by atoms with van der Waals surface area (Å²) in [4.78, 5) is 0.245. The van der Waals surface area contributed by atoms with E-state index in [1.807, 2.05) is 6.92 Å². The third-order valence-corrected chi connectivity index (χ3v) is 6.57. The molecule has 0 aromatic heterocycles. The van der Waals surface area contributed by atoms with E-state index in [2.05, 4.69) is 0 Å². The van der Waals surface area contributed by atoms with Crippen molar-refractivity contribution < 1.29 is 17.3 Å². The van der Waals surface area contributed by atoms with Crippen LogP contribution in [0.4, 0.5) is 0 Å². The third-order valence-electron chi connectivity index (χ3n) is 5.28. The Balaban J connectivity index is 1.43. The number of ether oxygens (including phenoxy) is 1. The number of benzene rings is 1. The van der Waals surface area contributed by atoms with Crippen LogP contribution in [0.2, 0.25) is 0 Å². The normalized spacial score (nSPS) is 37.3. The van der Waals surface area contributed by atoms with Gasteiger partial charge in [-0.1, -0.05) is 17.7 Å². The Morgan fingerprint density at radius 1 is 1.19 bits per heavy atom. The topological polar surface area (TPSA) is 55.9 Å². The summed E-state index contributed by atoms with van der Waals surface area (Å²) < 4.78 is 35.5. The molecule has 3 aliphatic carbocycles. The van der Waals surface area contributed by atoms with Gasteiger partial charge in [0, 0.05) is 0 Å². The average Bonchev–Trinajstić information content (AvgIpc) is 3.28. The van der Waals surface area contributed by atoms with Crippen molar-refractivity contribution in [3.8, 4) is 0 Å². The molecule has 114 valence electrons. The Morgan fingerprint density at radius 3 is 2.67 bits per heavy atom. The molecule has 1 aromatic carbocycles. The second-order valence-electron chi connectivity index (χ2n) is 6.61. The fraction of sp³-hybridized carbons (Fsp3) is 0.625. The smallest absolute Gasteiger partial charge is 0.296 e. The van der Waals surface area contributed by atoms with Gasteiger partial charge in [0.15, 0.2) is 0 Å². The van der Waals surface area contributed by atoms with E-state index in [1.165, 1.54) is 6.42 Å². The molecule has 0 radical (unpaired) electrons. The lowest BCUT2D eigenvalue weighted by Crippen LogP contribution is -2.40. The molecule has 1 aromatic rings. The quantitative estimate of drug-likeness (QED) is 0.633. The lowest BCUT2D eigenvalue weighted by Gasteiger charge is -2.38. The summed E-state index contributed by atoms with van der Waals surface area (Å²) in [5, 5.41) is 0. The highest BCUT2D eigenvalue weighted by atomic mass is 32.2. The van der Waals surface area contributed by atoms with Crippen LogP contribution in [0.3, 0.4) is 0 Å². The first-order chi connectivity index (χ1) is 10.0. The molecule has 4 nitrogen and oxygen atoms in total. The number of epoxide rings is 1. The predicted molar refractivity (Wildman–Crippen MR) is 77.3 cm³/mol. The van der Waals surface area contributed by atoms with Gasteiger partial charge in [-0.05, 0) is 56.1 Å². The summed E-state index contributed by atoms with van der Waals surface area (Å²) in [5.41, 5.74) is 1.04. The summed E-state index contributed by atoms with van der Waals surface area (Å²) in [5.74, 6) is 1.44. The predicted octanol–water partition coefficient (Wildman–Crippen LogP) is 2.51. The molecule has 21 heavy (non-hydrogen) atoms. The summed E-state index contributed by atoms with van der Waals surface area (Å²) in [6.07, 6.45) is 4.29. The number of hydrogen-bond donors (Lipinski definition) is 0. The van der Waals surface area contributed by atoms with Gasteiger partial charge in [-0.25, -0.2) is 0 Å². The molecule has 0 spiro atoms. The molecule has 1 saturated heterocycles. The van der Waals surface area contributed by atoms with Crippen molar-refractivity contribution in [3.05, 3.63) is 29.8 Å². The minimum Gasteiger partial charge on any atom is -0.369 e. The Kier molecular flexibility index (Phi) is 3.14. The molecule has 3 saturated carbocycles. The molecule has 0 unspecified atom stereocenters. The van der Waals surface area contributed by atoms with Crippen LogP contribution in [-0.4, -0.2) is 27.2 Å². The van der Waals surface area contributed by atoms with Crippen LogP contribution >= 0.6 is 0 Å². The maximum absolute atomic E-state index is 12.2. The van der Waals surface area contributed by atoms with Crippen LogP contribution in [0, 0.1) is 24.7 Å². The molecule has 5 rings (SSSR count). The van der Waals surface area contributed by atoms with Crippen molar-refractivity contribution in [1.29, 1.82) is 0 Å². The van der Waals surface area contributed by atoms with Crippen molar-refractivity contribution in [2.75, 3.05) is 6.61 Å². The van der Waals surface area contributed by atoms with E-state index in [0.29, 0.717) is 36.6 Å². The zero-order valence-corrected chi connectivity index (χ0v) is 12.9. The van der Waals surface area contributed by atoms with E-state index >= 15 is 0 Å². The molecular weight excluding hydrogens is 288 g/mol. The van der Waals surface area contributed by atoms with Crippen LogP contribution in [0.1, 0.15) is 24.8 Å². The SMILES string of the molecule is Cc1ccc(S(=O)(=O)OC[C@H]2C[C@H]3CC[C@@H]2[C@H]2O[C@@H]32)cc1. The summed E-state index contributed by atoms with van der Waals surface area (Å²) in [6.45, 7) is 2.23. The first-order valence-corrected chi connectivity index (χ1v) is 9.07. The second-order valence-corrected chi connectivity index (χ2v) is 8.23. The maximum Gasteiger partial charge on any atom is 0.296 e. The molecule has 4 fully saturated rings. The second kappa shape index (κ2) is 4.80. The van der Waals surface area contributed by atoms with Gasteiger partial charge in [-0.2, -0.15) is 8.42 Å². The summed E-state index contributed by atoms with van der Waals surface area (Å²) >= 11 is 0. The standard InChI is InChI=1S/C16H20O4S/c1-10-2-5-13(6-3-10)21(17,18)19-9-12-8-11-4-7-14(12)16-15(11)20-16/h2-3,5-6,11-12,14-16H,4,7-9H2,1H3/t11-,12-,14+,15+,16-/m1/s1. The lowest BCUT2D eigenvalue weighted by atomic mass is 9.65. The van der Waals surface area contributed by atoms with Crippen molar-refractivity contribution in [2.45, 2.75) is 43.3 Å². The van der Waals surface area contributed by atoms with Gasteiger partial charge in [0.25, 0.3) is 10.1 Å². The van der Waals surface area contributed by atoms with E-state index in [-0.39, 0.29) is 4.90 Å². The van der Waals surface area contributed by atoms with Gasteiger partial charge >= 0.3 is 0 Å². The molecule has 2 bridgehead atoms. The number of hydrogen-bond acceptors (Lipinski definition) is 4. The van der Waals surface area contributed by atoms with Gasteiger partial charge in [-0.3, -0.25) is 4.18 Å². The Hall–Kier alpha value is -0.910. The van der Waals surface area contributed by atoms with Crippen LogP contribution in [0.5, 0.6) is 0 Å². The Morgan fingerprint density at radius 2 is 1.95 bits per heavy atom. The van der Waals surface area contributed by atoms with Crippen molar-refractivity contribution in [3.63, 3.8) is 0 Å². The van der Waals surface area contributed by atoms with Gasteiger partial charge in [-0.15, -0.1) is 0 Å². The molecule has 1 heterocycles. The maximum atomic E-state index is 12.2. The van der Waals surface area contributed by atoms with E-state index in [4.69, 9.17) is 8.92 Å². The minimum absolute atomic E-state index is 0.245. The highest BCUT2D eigenvalue weighted by Gasteiger charge is 2.59. The molecule has 0 amide bonds. The zero-order valence-electron chi connectivity index (χ0n) is 12.1. The highest BCUT2D eigenvalue weighted by Crippen LogP contribution is 2.55. The number of aryl methyl sites for hydroxylation is 1. The first-order valence-electron chi connectivity index (χ1n) is 7.66. The Labute approximate surface area is 125 Å². The Bertz CT molecular complexity index is 637. The fourth-order valence-electron chi connectivity index (χ4n) is 4.06. The molecular formula is C16H20O4S. The van der Waals surface area contributed by atoms with E-state index in [1.54, 1.807) is 24.3 Å². The van der Waals surface area contributed by atoms with Crippen LogP contribution in [-0.2, 0) is 19.0 Å². The molecule has 5 heteroatoms. The van der Waals surface area contributed by atoms with E-state index < -0.39 is 10.1 Å². The molecule has 5 atom stereocenters. The van der Waals surface area contributed by atoms with Crippen LogP contribution < -0.4 is 0 Å². The summed E-state index contributed by atoms with van der Waals surface area (Å²) in [7, 11) is -3.64. The van der Waals surface area contributed by atoms with Crippen LogP contribution in [0.15, 0.2) is 29.2 Å². The lowest BCUT2D eigenvalue weighted by molar-refractivity contribution is 0.0883. The molecule has 0 N–H and O–H groups in total. The molecule has 1 aliphatic heterocycles.